The van der Waals surface area contributed by atoms with Crippen molar-refractivity contribution in [1.29, 1.82) is 0 Å². The Morgan fingerprint density at radius 2 is 1.45 bits per heavy atom. The van der Waals surface area contributed by atoms with E-state index in [1.807, 2.05) is 20.8 Å². The summed E-state index contributed by atoms with van der Waals surface area (Å²) in [6.45, 7) is 7.65. The predicted molar refractivity (Wildman–Crippen MR) is 86.0 cm³/mol. The van der Waals surface area contributed by atoms with Crippen molar-refractivity contribution in [3.05, 3.63) is 0 Å². The predicted octanol–water partition coefficient (Wildman–Crippen LogP) is 2.48. The quantitative estimate of drug-likeness (QED) is 0.841. The summed E-state index contributed by atoms with van der Waals surface area (Å²) in [7, 11) is 0. The zero-order valence-electron chi connectivity index (χ0n) is 14.3. The molecule has 4 aliphatic rings. The minimum atomic E-state index is -0.455. The van der Waals surface area contributed by atoms with E-state index in [2.05, 4.69) is 10.6 Å². The Balaban J connectivity index is 1.59. The third-order valence-corrected chi connectivity index (χ3v) is 5.78. The molecule has 0 aliphatic heterocycles. The SMILES string of the molecule is C[C@@H](NC(=O)C1C2CC3CC(C2)CC1C3)C(=O)NC(C)(C)C. The largest absolute Gasteiger partial charge is 0.350 e. The van der Waals surface area contributed by atoms with Crippen LogP contribution in [0.3, 0.4) is 0 Å². The first-order valence-electron chi connectivity index (χ1n) is 8.85. The molecule has 2 amide bonds. The molecule has 4 nitrogen and oxygen atoms in total. The molecule has 0 aromatic carbocycles. The van der Waals surface area contributed by atoms with Crippen LogP contribution in [0.15, 0.2) is 0 Å². The van der Waals surface area contributed by atoms with E-state index in [0.717, 1.165) is 11.8 Å². The van der Waals surface area contributed by atoms with Crippen molar-refractivity contribution in [3.63, 3.8) is 0 Å². The van der Waals surface area contributed by atoms with Crippen molar-refractivity contribution in [3.8, 4) is 0 Å². The molecule has 0 unspecified atom stereocenters. The molecule has 4 fully saturated rings. The van der Waals surface area contributed by atoms with E-state index >= 15 is 0 Å². The summed E-state index contributed by atoms with van der Waals surface area (Å²) in [5.41, 5.74) is -0.265. The van der Waals surface area contributed by atoms with Gasteiger partial charge in [0.1, 0.15) is 6.04 Å². The monoisotopic (exact) mass is 306 g/mol. The van der Waals surface area contributed by atoms with Crippen molar-refractivity contribution in [2.24, 2.45) is 29.6 Å². The molecular weight excluding hydrogens is 276 g/mol. The molecule has 124 valence electrons. The fourth-order valence-electron chi connectivity index (χ4n) is 5.21. The summed E-state index contributed by atoms with van der Waals surface area (Å²) in [4.78, 5) is 24.9. The molecule has 4 bridgehead atoms. The van der Waals surface area contributed by atoms with Gasteiger partial charge < -0.3 is 10.6 Å². The van der Waals surface area contributed by atoms with Crippen LogP contribution in [0, 0.1) is 29.6 Å². The fraction of sp³-hybridized carbons (Fsp3) is 0.889. The van der Waals surface area contributed by atoms with Gasteiger partial charge in [-0.25, -0.2) is 0 Å². The topological polar surface area (TPSA) is 58.2 Å². The molecule has 22 heavy (non-hydrogen) atoms. The van der Waals surface area contributed by atoms with Crippen LogP contribution in [-0.4, -0.2) is 23.4 Å². The van der Waals surface area contributed by atoms with Gasteiger partial charge in [0.15, 0.2) is 0 Å². The Labute approximate surface area is 133 Å². The van der Waals surface area contributed by atoms with E-state index in [4.69, 9.17) is 0 Å². The van der Waals surface area contributed by atoms with Gasteiger partial charge in [0.2, 0.25) is 11.8 Å². The zero-order chi connectivity index (χ0) is 16.1. The van der Waals surface area contributed by atoms with E-state index in [0.29, 0.717) is 11.8 Å². The highest BCUT2D eigenvalue weighted by Gasteiger charge is 2.50. The maximum Gasteiger partial charge on any atom is 0.242 e. The van der Waals surface area contributed by atoms with Gasteiger partial charge in [-0.3, -0.25) is 9.59 Å². The van der Waals surface area contributed by atoms with Gasteiger partial charge in [0, 0.05) is 11.5 Å². The number of nitrogens with one attached hydrogen (secondary N) is 2. The average molecular weight is 306 g/mol. The molecule has 0 saturated heterocycles. The number of hydrogen-bond donors (Lipinski definition) is 2. The molecular formula is C18H30N2O2. The van der Waals surface area contributed by atoms with Crippen LogP contribution in [0.1, 0.15) is 59.8 Å². The van der Waals surface area contributed by atoms with Crippen molar-refractivity contribution < 1.29 is 9.59 Å². The molecule has 2 N–H and O–H groups in total. The molecule has 0 aromatic heterocycles. The highest BCUT2D eigenvalue weighted by Crippen LogP contribution is 2.56. The zero-order valence-corrected chi connectivity index (χ0v) is 14.3. The minimum absolute atomic E-state index is 0.0929. The van der Waals surface area contributed by atoms with Gasteiger partial charge in [0.25, 0.3) is 0 Å². The van der Waals surface area contributed by atoms with Gasteiger partial charge in [-0.2, -0.15) is 0 Å². The van der Waals surface area contributed by atoms with Crippen LogP contribution in [-0.2, 0) is 9.59 Å². The van der Waals surface area contributed by atoms with Crippen LogP contribution in [0.25, 0.3) is 0 Å². The molecule has 0 spiro atoms. The van der Waals surface area contributed by atoms with Crippen LogP contribution in [0.4, 0.5) is 0 Å². The Morgan fingerprint density at radius 1 is 0.955 bits per heavy atom. The summed E-state index contributed by atoms with van der Waals surface area (Å²) in [5.74, 6) is 3.04. The molecule has 0 heterocycles. The molecule has 0 radical (unpaired) electrons. The molecule has 4 aliphatic carbocycles. The first kappa shape index (κ1) is 15.8. The van der Waals surface area contributed by atoms with Gasteiger partial charge in [-0.05, 0) is 83.5 Å². The number of amides is 2. The molecule has 4 rings (SSSR count). The van der Waals surface area contributed by atoms with Crippen LogP contribution >= 0.6 is 0 Å². The maximum atomic E-state index is 12.7. The van der Waals surface area contributed by atoms with Crippen LogP contribution in [0.5, 0.6) is 0 Å². The lowest BCUT2D eigenvalue weighted by Crippen LogP contribution is -2.55. The number of carbonyl (C=O) groups excluding carboxylic acids is 2. The van der Waals surface area contributed by atoms with Crippen LogP contribution in [0.2, 0.25) is 0 Å². The fourth-order valence-corrected chi connectivity index (χ4v) is 5.21. The van der Waals surface area contributed by atoms with Crippen LogP contribution < -0.4 is 10.6 Å². The average Bonchev–Trinajstić information content (AvgIpc) is 2.34. The summed E-state index contributed by atoms with van der Waals surface area (Å²) < 4.78 is 0. The third-order valence-electron chi connectivity index (χ3n) is 5.78. The van der Waals surface area contributed by atoms with Gasteiger partial charge in [-0.15, -0.1) is 0 Å². The second-order valence-corrected chi connectivity index (χ2v) is 8.93. The first-order valence-corrected chi connectivity index (χ1v) is 8.85. The molecule has 4 heteroatoms. The smallest absolute Gasteiger partial charge is 0.242 e. The second-order valence-electron chi connectivity index (χ2n) is 8.93. The Bertz CT molecular complexity index is 438. The number of rotatable bonds is 3. The standard InChI is InChI=1S/C18H30N2O2/c1-10(16(21)20-18(2,3)4)19-17(22)15-13-6-11-5-12(8-13)9-14(15)7-11/h10-15H,5-9H2,1-4H3,(H,19,22)(H,20,21)/t10-,11?,12?,13?,14?,15?/m1/s1. The van der Waals surface area contributed by atoms with Crippen molar-refractivity contribution in [2.45, 2.75) is 71.4 Å². The maximum absolute atomic E-state index is 12.7. The molecule has 1 atom stereocenters. The van der Waals surface area contributed by atoms with Crippen molar-refractivity contribution >= 4 is 11.8 Å². The third kappa shape index (κ3) is 3.16. The molecule has 0 aromatic rings. The van der Waals surface area contributed by atoms with E-state index < -0.39 is 6.04 Å². The highest BCUT2D eigenvalue weighted by atomic mass is 16.2. The van der Waals surface area contributed by atoms with Gasteiger partial charge in [0.05, 0.1) is 0 Å². The number of carbonyl (C=O) groups is 2. The van der Waals surface area contributed by atoms with Crippen molar-refractivity contribution in [1.82, 2.24) is 10.6 Å². The van der Waals surface area contributed by atoms with Gasteiger partial charge in [-0.1, -0.05) is 0 Å². The summed E-state index contributed by atoms with van der Waals surface area (Å²) in [6.07, 6.45) is 6.31. The molecule has 4 saturated carbocycles. The lowest BCUT2D eigenvalue weighted by molar-refractivity contribution is -0.141. The van der Waals surface area contributed by atoms with E-state index in [1.165, 1.54) is 32.1 Å². The van der Waals surface area contributed by atoms with E-state index in [-0.39, 0.29) is 23.3 Å². The lowest BCUT2D eigenvalue weighted by Gasteiger charge is -2.53. The van der Waals surface area contributed by atoms with E-state index in [1.54, 1.807) is 6.92 Å². The van der Waals surface area contributed by atoms with Crippen molar-refractivity contribution in [2.75, 3.05) is 0 Å². The first-order chi connectivity index (χ1) is 10.2. The normalized spacial score (nSPS) is 37.7. The second kappa shape index (κ2) is 5.54. The minimum Gasteiger partial charge on any atom is -0.350 e. The number of hydrogen-bond acceptors (Lipinski definition) is 2. The Kier molecular flexibility index (Phi) is 3.98. The van der Waals surface area contributed by atoms with E-state index in [9.17, 15) is 9.59 Å². The van der Waals surface area contributed by atoms with Gasteiger partial charge >= 0.3 is 0 Å². The Hall–Kier alpha value is -1.06. The summed E-state index contributed by atoms with van der Waals surface area (Å²) >= 11 is 0. The Morgan fingerprint density at radius 3 is 1.91 bits per heavy atom. The summed E-state index contributed by atoms with van der Waals surface area (Å²) in [5, 5.41) is 5.92. The lowest BCUT2D eigenvalue weighted by atomic mass is 9.51. The summed E-state index contributed by atoms with van der Waals surface area (Å²) in [6, 6.07) is -0.455. The highest BCUT2D eigenvalue weighted by molar-refractivity contribution is 5.88.